The SMILES string of the molecule is CNC(=O)CC(=O)N1CCCC(NC(=O)C2(C)CCCNS2(=O)=O)CCC1. The summed E-state index contributed by atoms with van der Waals surface area (Å²) in [5, 5.41) is 5.36. The van der Waals surface area contributed by atoms with Gasteiger partial charge in [0.2, 0.25) is 27.7 Å². The molecule has 1 unspecified atom stereocenters. The molecule has 27 heavy (non-hydrogen) atoms. The Morgan fingerprint density at radius 1 is 1.15 bits per heavy atom. The van der Waals surface area contributed by atoms with Crippen LogP contribution in [0.3, 0.4) is 0 Å². The van der Waals surface area contributed by atoms with Crippen LogP contribution in [0, 0.1) is 0 Å². The highest BCUT2D eigenvalue weighted by molar-refractivity contribution is 7.91. The van der Waals surface area contributed by atoms with E-state index in [-0.39, 0.29) is 24.3 Å². The number of nitrogens with zero attached hydrogens (tertiary/aromatic N) is 1. The minimum Gasteiger partial charge on any atom is -0.359 e. The molecule has 0 bridgehead atoms. The van der Waals surface area contributed by atoms with Gasteiger partial charge in [-0.15, -0.1) is 0 Å². The number of sulfonamides is 1. The summed E-state index contributed by atoms with van der Waals surface area (Å²) in [6.07, 6.45) is 3.50. The smallest absolute Gasteiger partial charge is 0.242 e. The van der Waals surface area contributed by atoms with Crippen LogP contribution in [0.1, 0.15) is 51.9 Å². The molecular weight excluding hydrogens is 372 g/mol. The molecule has 0 aromatic carbocycles. The van der Waals surface area contributed by atoms with E-state index in [0.29, 0.717) is 58.2 Å². The number of rotatable bonds is 4. The third-order valence-electron chi connectivity index (χ3n) is 5.44. The number of hydrogen-bond acceptors (Lipinski definition) is 5. The minimum atomic E-state index is -3.68. The molecule has 0 radical (unpaired) electrons. The molecule has 2 aliphatic heterocycles. The largest absolute Gasteiger partial charge is 0.359 e. The summed E-state index contributed by atoms with van der Waals surface area (Å²) >= 11 is 0. The number of hydrogen-bond donors (Lipinski definition) is 3. The van der Waals surface area contributed by atoms with E-state index in [1.807, 2.05) is 0 Å². The topological polar surface area (TPSA) is 125 Å². The van der Waals surface area contributed by atoms with Gasteiger partial charge in [-0.05, 0) is 45.4 Å². The Morgan fingerprint density at radius 2 is 1.78 bits per heavy atom. The highest BCUT2D eigenvalue weighted by atomic mass is 32.2. The Kier molecular flexibility index (Phi) is 7.21. The molecule has 1 atom stereocenters. The standard InChI is InChI=1S/C17H30N4O5S/c1-17(8-5-9-19-27(17,25)26)16(24)20-13-6-3-10-21(11-4-7-13)15(23)12-14(22)18-2/h13,19H,3-12H2,1-2H3,(H,18,22)(H,20,24). The molecule has 154 valence electrons. The fraction of sp³-hybridized carbons (Fsp3) is 0.824. The van der Waals surface area contributed by atoms with E-state index in [4.69, 9.17) is 0 Å². The van der Waals surface area contributed by atoms with Crippen molar-refractivity contribution in [2.45, 2.75) is 62.7 Å². The van der Waals surface area contributed by atoms with Crippen LogP contribution in [-0.2, 0) is 24.4 Å². The maximum atomic E-state index is 12.7. The predicted molar refractivity (Wildman–Crippen MR) is 100 cm³/mol. The van der Waals surface area contributed by atoms with Gasteiger partial charge in [0.1, 0.15) is 6.42 Å². The first-order valence-electron chi connectivity index (χ1n) is 9.48. The van der Waals surface area contributed by atoms with Gasteiger partial charge < -0.3 is 15.5 Å². The van der Waals surface area contributed by atoms with Crippen molar-refractivity contribution in [2.24, 2.45) is 0 Å². The zero-order chi connectivity index (χ0) is 20.1. The normalized spacial score (nSPS) is 26.5. The molecule has 9 nitrogen and oxygen atoms in total. The van der Waals surface area contributed by atoms with Crippen LogP contribution in [0.15, 0.2) is 0 Å². The second-order valence-electron chi connectivity index (χ2n) is 7.42. The minimum absolute atomic E-state index is 0.109. The van der Waals surface area contributed by atoms with Crippen molar-refractivity contribution < 1.29 is 22.8 Å². The Balaban J connectivity index is 1.89. The summed E-state index contributed by atoms with van der Waals surface area (Å²) in [7, 11) is -2.18. The van der Waals surface area contributed by atoms with Crippen molar-refractivity contribution >= 4 is 27.7 Å². The van der Waals surface area contributed by atoms with Gasteiger partial charge in [-0.3, -0.25) is 14.4 Å². The van der Waals surface area contributed by atoms with E-state index in [1.54, 1.807) is 4.90 Å². The van der Waals surface area contributed by atoms with E-state index < -0.39 is 20.7 Å². The Hall–Kier alpha value is -1.68. The van der Waals surface area contributed by atoms with E-state index in [2.05, 4.69) is 15.4 Å². The molecule has 0 aromatic rings. The maximum Gasteiger partial charge on any atom is 0.242 e. The molecule has 2 rings (SSSR count). The van der Waals surface area contributed by atoms with E-state index in [0.717, 1.165) is 0 Å². The lowest BCUT2D eigenvalue weighted by Gasteiger charge is -2.34. The molecule has 0 aromatic heterocycles. The number of carbonyl (C=O) groups is 3. The zero-order valence-electron chi connectivity index (χ0n) is 16.0. The van der Waals surface area contributed by atoms with Crippen LogP contribution in [0.25, 0.3) is 0 Å². The van der Waals surface area contributed by atoms with Crippen LogP contribution < -0.4 is 15.4 Å². The lowest BCUT2D eigenvalue weighted by atomic mass is 9.99. The molecule has 2 heterocycles. The Bertz CT molecular complexity index is 671. The van der Waals surface area contributed by atoms with E-state index in [9.17, 15) is 22.8 Å². The summed E-state index contributed by atoms with van der Waals surface area (Å²) < 4.78 is 25.6. The number of amides is 3. The molecule has 2 saturated heterocycles. The Morgan fingerprint density at radius 3 is 2.33 bits per heavy atom. The van der Waals surface area contributed by atoms with Crippen molar-refractivity contribution in [3.8, 4) is 0 Å². The van der Waals surface area contributed by atoms with Gasteiger partial charge in [-0.1, -0.05) is 0 Å². The van der Waals surface area contributed by atoms with Crippen molar-refractivity contribution in [3.05, 3.63) is 0 Å². The number of carbonyl (C=O) groups excluding carboxylic acids is 3. The van der Waals surface area contributed by atoms with Gasteiger partial charge in [-0.25, -0.2) is 13.1 Å². The number of likely N-dealkylation sites (tertiary alicyclic amines) is 1. The van der Waals surface area contributed by atoms with E-state index >= 15 is 0 Å². The molecule has 0 spiro atoms. The van der Waals surface area contributed by atoms with Crippen LogP contribution in [0.4, 0.5) is 0 Å². The van der Waals surface area contributed by atoms with Gasteiger partial charge >= 0.3 is 0 Å². The van der Waals surface area contributed by atoms with Crippen LogP contribution in [-0.4, -0.2) is 68.5 Å². The van der Waals surface area contributed by atoms with Crippen molar-refractivity contribution in [2.75, 3.05) is 26.7 Å². The molecule has 3 N–H and O–H groups in total. The quantitative estimate of drug-likeness (QED) is 0.546. The van der Waals surface area contributed by atoms with Gasteiger partial charge in [0.05, 0.1) is 0 Å². The fourth-order valence-corrected chi connectivity index (χ4v) is 4.99. The van der Waals surface area contributed by atoms with Gasteiger partial charge in [0.25, 0.3) is 0 Å². The first-order chi connectivity index (χ1) is 12.7. The van der Waals surface area contributed by atoms with Gasteiger partial charge in [0, 0.05) is 32.7 Å². The maximum absolute atomic E-state index is 12.7. The average molecular weight is 403 g/mol. The van der Waals surface area contributed by atoms with Crippen molar-refractivity contribution in [1.82, 2.24) is 20.3 Å². The van der Waals surface area contributed by atoms with E-state index in [1.165, 1.54) is 14.0 Å². The highest BCUT2D eigenvalue weighted by Crippen LogP contribution is 2.27. The second-order valence-corrected chi connectivity index (χ2v) is 9.61. The van der Waals surface area contributed by atoms with Crippen LogP contribution >= 0.6 is 0 Å². The second kappa shape index (κ2) is 9.01. The third kappa shape index (κ3) is 5.19. The summed E-state index contributed by atoms with van der Waals surface area (Å²) in [4.78, 5) is 37.9. The number of nitrogens with one attached hydrogen (secondary N) is 3. The summed E-state index contributed by atoms with van der Waals surface area (Å²) in [5.74, 6) is -0.945. The molecule has 0 saturated carbocycles. The summed E-state index contributed by atoms with van der Waals surface area (Å²) in [5.41, 5.74) is 0. The third-order valence-corrected chi connectivity index (χ3v) is 7.60. The highest BCUT2D eigenvalue weighted by Gasteiger charge is 2.48. The summed E-state index contributed by atoms with van der Waals surface area (Å²) in [6, 6.07) is -0.109. The first kappa shape index (κ1) is 21.6. The lowest BCUT2D eigenvalue weighted by Crippen LogP contribution is -2.59. The fourth-order valence-electron chi connectivity index (χ4n) is 3.54. The van der Waals surface area contributed by atoms with Gasteiger partial charge in [0.15, 0.2) is 4.75 Å². The Labute approximate surface area is 160 Å². The summed E-state index contributed by atoms with van der Waals surface area (Å²) in [6.45, 7) is 2.90. The average Bonchev–Trinajstić information content (AvgIpc) is 2.59. The first-order valence-corrected chi connectivity index (χ1v) is 11.0. The molecule has 2 aliphatic rings. The molecule has 0 aliphatic carbocycles. The van der Waals surface area contributed by atoms with Crippen molar-refractivity contribution in [1.29, 1.82) is 0 Å². The van der Waals surface area contributed by atoms with Crippen molar-refractivity contribution in [3.63, 3.8) is 0 Å². The van der Waals surface area contributed by atoms with Crippen LogP contribution in [0.5, 0.6) is 0 Å². The predicted octanol–water partition coefficient (Wildman–Crippen LogP) is -0.518. The van der Waals surface area contributed by atoms with Gasteiger partial charge in [-0.2, -0.15) is 0 Å². The zero-order valence-corrected chi connectivity index (χ0v) is 16.9. The lowest BCUT2D eigenvalue weighted by molar-refractivity contribution is -0.136. The molecule has 2 fully saturated rings. The van der Waals surface area contributed by atoms with Crippen LogP contribution in [0.2, 0.25) is 0 Å². The monoisotopic (exact) mass is 402 g/mol. The molecule has 10 heteroatoms. The molecular formula is C17H30N4O5S. The molecule has 3 amide bonds.